The molecule has 4 heteroatoms. The van der Waals surface area contributed by atoms with E-state index >= 15 is 0 Å². The summed E-state index contributed by atoms with van der Waals surface area (Å²) in [4.78, 5) is 8.71. The van der Waals surface area contributed by atoms with Gasteiger partial charge in [-0.05, 0) is 17.2 Å². The number of fused-ring (bicyclic) bond motifs is 3. The maximum Gasteiger partial charge on any atom is 0.128 e. The molecule has 0 aliphatic carbocycles. The summed E-state index contributed by atoms with van der Waals surface area (Å²) in [6.45, 7) is 0. The van der Waals surface area contributed by atoms with Crippen molar-refractivity contribution in [3.05, 3.63) is 66.2 Å². The quantitative estimate of drug-likeness (QED) is 0.799. The molecule has 3 heterocycles. The molecule has 1 aliphatic heterocycles. The van der Waals surface area contributed by atoms with Gasteiger partial charge in [-0.15, -0.1) is 0 Å². The molecule has 2 aromatic heterocycles. The van der Waals surface area contributed by atoms with E-state index in [4.69, 9.17) is 0 Å². The summed E-state index contributed by atoms with van der Waals surface area (Å²) in [6.07, 6.45) is 6.60. The third kappa shape index (κ3) is 1.83. The topological polar surface area (TPSA) is 42.7 Å². The second kappa shape index (κ2) is 4.74. The zero-order chi connectivity index (χ0) is 14.2. The predicted molar refractivity (Wildman–Crippen MR) is 83.3 cm³/mol. The van der Waals surface area contributed by atoms with Gasteiger partial charge in [0.05, 0.1) is 24.3 Å². The molecule has 104 valence electrons. The summed E-state index contributed by atoms with van der Waals surface area (Å²) in [5.74, 6) is 0.948. The number of nitrogens with one attached hydrogen (secondary N) is 1. The first kappa shape index (κ1) is 12.1. The monoisotopic (exact) mass is 276 g/mol. The van der Waals surface area contributed by atoms with Gasteiger partial charge in [-0.3, -0.25) is 0 Å². The normalized spacial score (nSPS) is 15.6. The molecule has 0 radical (unpaired) electrons. The summed E-state index contributed by atoms with van der Waals surface area (Å²) in [6, 6.07) is 13.0. The van der Waals surface area contributed by atoms with Gasteiger partial charge in [0, 0.05) is 25.2 Å². The Labute approximate surface area is 123 Å². The number of aromatic nitrogens is 3. The highest BCUT2D eigenvalue weighted by atomic mass is 15.1. The number of anilines is 1. The SMILES string of the molecule is CNc1ncccc1C[C@@H]1c2ccccc2-c2cncn21. The lowest BCUT2D eigenvalue weighted by atomic mass is 9.98. The van der Waals surface area contributed by atoms with Crippen molar-refractivity contribution >= 4 is 5.82 Å². The molecule has 21 heavy (non-hydrogen) atoms. The molecule has 4 nitrogen and oxygen atoms in total. The van der Waals surface area contributed by atoms with Gasteiger partial charge in [0.2, 0.25) is 0 Å². The molecule has 0 unspecified atom stereocenters. The third-order valence-electron chi connectivity index (χ3n) is 4.14. The average Bonchev–Trinajstić information content (AvgIpc) is 3.11. The first-order valence-electron chi connectivity index (χ1n) is 7.11. The van der Waals surface area contributed by atoms with Crippen molar-refractivity contribution < 1.29 is 0 Å². The van der Waals surface area contributed by atoms with E-state index in [0.717, 1.165) is 12.2 Å². The first-order valence-corrected chi connectivity index (χ1v) is 7.11. The fraction of sp³-hybridized carbons (Fsp3) is 0.176. The largest absolute Gasteiger partial charge is 0.373 e. The average molecular weight is 276 g/mol. The lowest BCUT2D eigenvalue weighted by Gasteiger charge is -2.16. The van der Waals surface area contributed by atoms with Gasteiger partial charge in [-0.1, -0.05) is 30.3 Å². The van der Waals surface area contributed by atoms with Crippen LogP contribution in [0.1, 0.15) is 17.2 Å². The van der Waals surface area contributed by atoms with Gasteiger partial charge in [-0.2, -0.15) is 0 Å². The van der Waals surface area contributed by atoms with E-state index in [1.165, 1.54) is 22.4 Å². The van der Waals surface area contributed by atoms with Crippen LogP contribution in [0, 0.1) is 0 Å². The van der Waals surface area contributed by atoms with Crippen molar-refractivity contribution in [1.82, 2.24) is 14.5 Å². The number of hydrogen-bond donors (Lipinski definition) is 1. The van der Waals surface area contributed by atoms with E-state index in [1.54, 1.807) is 0 Å². The maximum absolute atomic E-state index is 4.40. The summed E-state index contributed by atoms with van der Waals surface area (Å²) >= 11 is 0. The van der Waals surface area contributed by atoms with E-state index in [-0.39, 0.29) is 6.04 Å². The van der Waals surface area contributed by atoms with Gasteiger partial charge in [0.1, 0.15) is 5.82 Å². The van der Waals surface area contributed by atoms with Crippen molar-refractivity contribution in [2.24, 2.45) is 0 Å². The van der Waals surface area contributed by atoms with E-state index in [9.17, 15) is 0 Å². The number of imidazole rings is 1. The highest BCUT2D eigenvalue weighted by Crippen LogP contribution is 2.40. The van der Waals surface area contributed by atoms with Crippen molar-refractivity contribution in [3.8, 4) is 11.3 Å². The predicted octanol–water partition coefficient (Wildman–Crippen LogP) is 3.13. The molecule has 0 saturated heterocycles. The van der Waals surface area contributed by atoms with Crippen molar-refractivity contribution in [1.29, 1.82) is 0 Å². The smallest absolute Gasteiger partial charge is 0.128 e. The minimum absolute atomic E-state index is 0.287. The molecule has 0 amide bonds. The molecule has 1 aliphatic rings. The van der Waals surface area contributed by atoms with Crippen LogP contribution < -0.4 is 5.32 Å². The molecule has 1 aromatic carbocycles. The Bertz CT molecular complexity index is 791. The zero-order valence-electron chi connectivity index (χ0n) is 11.8. The minimum Gasteiger partial charge on any atom is -0.373 e. The number of rotatable bonds is 3. The standard InChI is InChI=1S/C17H16N4/c1-18-17-12(5-4-8-20-17)9-15-13-6-2-3-7-14(13)16-10-19-11-21(15)16/h2-8,10-11,15H,9H2,1H3,(H,18,20)/t15-/m1/s1. The van der Waals surface area contributed by atoms with Crippen LogP contribution in [-0.4, -0.2) is 21.6 Å². The highest BCUT2D eigenvalue weighted by molar-refractivity contribution is 5.69. The Morgan fingerprint density at radius 1 is 1.19 bits per heavy atom. The summed E-state index contributed by atoms with van der Waals surface area (Å²) < 4.78 is 2.26. The summed E-state index contributed by atoms with van der Waals surface area (Å²) in [5, 5.41) is 3.18. The molecule has 1 N–H and O–H groups in total. The van der Waals surface area contributed by atoms with Gasteiger partial charge in [0.15, 0.2) is 0 Å². The van der Waals surface area contributed by atoms with Crippen LogP contribution in [0.15, 0.2) is 55.1 Å². The lowest BCUT2D eigenvalue weighted by Crippen LogP contribution is -2.10. The number of benzene rings is 1. The van der Waals surface area contributed by atoms with E-state index in [1.807, 2.05) is 31.8 Å². The molecule has 0 spiro atoms. The second-order valence-corrected chi connectivity index (χ2v) is 5.25. The Balaban J connectivity index is 1.79. The fourth-order valence-electron chi connectivity index (χ4n) is 3.18. The molecule has 0 bridgehead atoms. The molecule has 3 aromatic rings. The highest BCUT2D eigenvalue weighted by Gasteiger charge is 2.28. The van der Waals surface area contributed by atoms with Gasteiger partial charge in [-0.25, -0.2) is 9.97 Å². The first-order chi connectivity index (χ1) is 10.4. The maximum atomic E-state index is 4.40. The Kier molecular flexibility index (Phi) is 2.74. The van der Waals surface area contributed by atoms with Crippen LogP contribution in [0.25, 0.3) is 11.3 Å². The molecule has 0 fully saturated rings. The zero-order valence-corrected chi connectivity index (χ0v) is 11.8. The number of hydrogen-bond acceptors (Lipinski definition) is 3. The Hall–Kier alpha value is -2.62. The van der Waals surface area contributed by atoms with Gasteiger partial charge in [0.25, 0.3) is 0 Å². The van der Waals surface area contributed by atoms with Gasteiger partial charge >= 0.3 is 0 Å². The fourth-order valence-corrected chi connectivity index (χ4v) is 3.18. The number of pyridine rings is 1. The third-order valence-corrected chi connectivity index (χ3v) is 4.14. The minimum atomic E-state index is 0.287. The van der Waals surface area contributed by atoms with Crippen molar-refractivity contribution in [2.75, 3.05) is 12.4 Å². The van der Waals surface area contributed by atoms with Crippen LogP contribution in [0.2, 0.25) is 0 Å². The van der Waals surface area contributed by atoms with Crippen LogP contribution in [0.4, 0.5) is 5.82 Å². The van der Waals surface area contributed by atoms with Crippen molar-refractivity contribution in [2.45, 2.75) is 12.5 Å². The van der Waals surface area contributed by atoms with Crippen LogP contribution in [0.3, 0.4) is 0 Å². The Morgan fingerprint density at radius 3 is 3.00 bits per heavy atom. The summed E-state index contributed by atoms with van der Waals surface area (Å²) in [5.41, 5.74) is 5.07. The van der Waals surface area contributed by atoms with E-state index in [2.05, 4.69) is 50.2 Å². The van der Waals surface area contributed by atoms with Crippen LogP contribution in [-0.2, 0) is 6.42 Å². The molecule has 0 saturated carbocycles. The van der Waals surface area contributed by atoms with Gasteiger partial charge < -0.3 is 9.88 Å². The molecular weight excluding hydrogens is 260 g/mol. The van der Waals surface area contributed by atoms with Crippen molar-refractivity contribution in [3.63, 3.8) is 0 Å². The lowest BCUT2D eigenvalue weighted by molar-refractivity contribution is 0.608. The molecule has 1 atom stereocenters. The van der Waals surface area contributed by atoms with Crippen LogP contribution >= 0.6 is 0 Å². The van der Waals surface area contributed by atoms with Crippen LogP contribution in [0.5, 0.6) is 0 Å². The molecular formula is C17H16N4. The van der Waals surface area contributed by atoms with E-state index in [0.29, 0.717) is 0 Å². The second-order valence-electron chi connectivity index (χ2n) is 5.25. The number of nitrogens with zero attached hydrogens (tertiary/aromatic N) is 3. The Morgan fingerprint density at radius 2 is 2.10 bits per heavy atom. The molecule has 4 rings (SSSR count). The summed E-state index contributed by atoms with van der Waals surface area (Å²) in [7, 11) is 1.91. The van der Waals surface area contributed by atoms with E-state index < -0.39 is 0 Å².